The van der Waals surface area contributed by atoms with E-state index in [-0.39, 0.29) is 11.5 Å². The fourth-order valence-electron chi connectivity index (χ4n) is 3.51. The van der Waals surface area contributed by atoms with Gasteiger partial charge in [0.1, 0.15) is 0 Å². The molecular formula is C17H27NO. The van der Waals surface area contributed by atoms with Gasteiger partial charge in [-0.1, -0.05) is 50.5 Å². The second-order valence-corrected chi connectivity index (χ2v) is 5.88. The summed E-state index contributed by atoms with van der Waals surface area (Å²) in [5.41, 5.74) is 8.57. The minimum atomic E-state index is -0.300. The van der Waals surface area contributed by atoms with Crippen LogP contribution in [0.15, 0.2) is 24.3 Å². The lowest BCUT2D eigenvalue weighted by atomic mass is 9.65. The van der Waals surface area contributed by atoms with Crippen LogP contribution in [-0.2, 0) is 11.8 Å². The average Bonchev–Trinajstić information content (AvgIpc) is 2.46. The summed E-state index contributed by atoms with van der Waals surface area (Å²) >= 11 is 0. The van der Waals surface area contributed by atoms with Gasteiger partial charge in [-0.05, 0) is 36.8 Å². The van der Waals surface area contributed by atoms with Gasteiger partial charge in [-0.15, -0.1) is 0 Å². The molecule has 0 bridgehead atoms. The van der Waals surface area contributed by atoms with Crippen LogP contribution >= 0.6 is 0 Å². The van der Waals surface area contributed by atoms with Gasteiger partial charge in [0.25, 0.3) is 0 Å². The van der Waals surface area contributed by atoms with Crippen molar-refractivity contribution in [3.05, 3.63) is 35.4 Å². The second-order valence-electron chi connectivity index (χ2n) is 5.88. The lowest BCUT2D eigenvalue weighted by Crippen LogP contribution is -2.48. The van der Waals surface area contributed by atoms with E-state index in [2.05, 4.69) is 31.2 Å². The topological polar surface area (TPSA) is 46.2 Å². The monoisotopic (exact) mass is 261 g/mol. The van der Waals surface area contributed by atoms with Crippen LogP contribution in [0.3, 0.4) is 0 Å². The second kappa shape index (κ2) is 6.53. The molecule has 2 atom stereocenters. The van der Waals surface area contributed by atoms with Gasteiger partial charge < -0.3 is 10.8 Å². The minimum Gasteiger partial charge on any atom is -0.392 e. The Kier molecular flexibility index (Phi) is 5.00. The highest BCUT2D eigenvalue weighted by Gasteiger charge is 2.40. The van der Waals surface area contributed by atoms with Gasteiger partial charge in [0.15, 0.2) is 0 Å². The summed E-state index contributed by atoms with van der Waals surface area (Å²) in [6.45, 7) is 2.75. The molecule has 3 N–H and O–H groups in total. The zero-order valence-electron chi connectivity index (χ0n) is 12.1. The summed E-state index contributed by atoms with van der Waals surface area (Å²) in [5.74, 6) is 0. The lowest BCUT2D eigenvalue weighted by Gasteiger charge is -2.42. The summed E-state index contributed by atoms with van der Waals surface area (Å²) in [5, 5.41) is 10.7. The van der Waals surface area contributed by atoms with Gasteiger partial charge in [0.2, 0.25) is 0 Å². The summed E-state index contributed by atoms with van der Waals surface area (Å²) in [6.07, 6.45) is 7.34. The highest BCUT2D eigenvalue weighted by molar-refractivity contribution is 5.38. The Morgan fingerprint density at radius 3 is 2.84 bits per heavy atom. The first-order valence-electron chi connectivity index (χ1n) is 7.71. The minimum absolute atomic E-state index is 0.206. The van der Waals surface area contributed by atoms with Gasteiger partial charge in [-0.3, -0.25) is 0 Å². The zero-order chi connectivity index (χ0) is 13.7. The maximum absolute atomic E-state index is 10.7. The van der Waals surface area contributed by atoms with Crippen LogP contribution in [-0.4, -0.2) is 17.8 Å². The van der Waals surface area contributed by atoms with Crippen LogP contribution in [0.4, 0.5) is 0 Å². The quantitative estimate of drug-likeness (QED) is 0.773. The van der Waals surface area contributed by atoms with Crippen LogP contribution in [0.25, 0.3) is 0 Å². The summed E-state index contributed by atoms with van der Waals surface area (Å²) in [6, 6.07) is 8.53. The molecule has 0 fully saturated rings. The van der Waals surface area contributed by atoms with Gasteiger partial charge in [-0.2, -0.15) is 0 Å². The van der Waals surface area contributed by atoms with Gasteiger partial charge in [-0.25, -0.2) is 0 Å². The summed E-state index contributed by atoms with van der Waals surface area (Å²) in [7, 11) is 0. The summed E-state index contributed by atoms with van der Waals surface area (Å²) < 4.78 is 0. The highest BCUT2D eigenvalue weighted by Crippen LogP contribution is 2.40. The normalized spacial score (nSPS) is 23.9. The third-order valence-electron chi connectivity index (χ3n) is 4.71. The number of fused-ring (bicyclic) bond motifs is 1. The molecule has 0 spiro atoms. The largest absolute Gasteiger partial charge is 0.392 e. The molecule has 1 aliphatic carbocycles. The molecule has 1 aromatic carbocycles. The zero-order valence-corrected chi connectivity index (χ0v) is 12.1. The molecule has 0 radical (unpaired) electrons. The Morgan fingerprint density at radius 1 is 1.32 bits per heavy atom. The van der Waals surface area contributed by atoms with Crippen LogP contribution in [0.2, 0.25) is 0 Å². The number of benzene rings is 1. The predicted octanol–water partition coefficient (Wildman–Crippen LogP) is 3.16. The number of aryl methyl sites for hydroxylation is 1. The van der Waals surface area contributed by atoms with E-state index < -0.39 is 0 Å². The number of aliphatic hydroxyl groups is 1. The van der Waals surface area contributed by atoms with E-state index in [9.17, 15) is 5.11 Å². The number of unbranched alkanes of at least 4 members (excludes halogenated alkanes) is 2. The molecule has 0 aliphatic heterocycles. The fraction of sp³-hybridized carbons (Fsp3) is 0.647. The molecule has 0 aromatic heterocycles. The van der Waals surface area contributed by atoms with E-state index in [4.69, 9.17) is 5.73 Å². The van der Waals surface area contributed by atoms with Crippen molar-refractivity contribution in [2.45, 2.75) is 63.4 Å². The van der Waals surface area contributed by atoms with Crippen molar-refractivity contribution in [1.29, 1.82) is 0 Å². The lowest BCUT2D eigenvalue weighted by molar-refractivity contribution is 0.0625. The maximum atomic E-state index is 10.7. The van der Waals surface area contributed by atoms with E-state index >= 15 is 0 Å². The van der Waals surface area contributed by atoms with Crippen LogP contribution in [0.1, 0.15) is 56.6 Å². The Balaban J connectivity index is 2.23. The molecule has 0 amide bonds. The Labute approximate surface area is 117 Å². The Bertz CT molecular complexity index is 404. The summed E-state index contributed by atoms with van der Waals surface area (Å²) in [4.78, 5) is 0. The molecule has 1 aliphatic rings. The van der Waals surface area contributed by atoms with Crippen molar-refractivity contribution in [3.8, 4) is 0 Å². The third kappa shape index (κ3) is 2.85. The molecule has 1 aromatic rings. The van der Waals surface area contributed by atoms with Crippen LogP contribution in [0.5, 0.6) is 0 Å². The van der Waals surface area contributed by atoms with E-state index in [1.54, 1.807) is 0 Å². The standard InChI is InChI=1S/C17H27NO/c1-2-3-4-11-16(19)17(13-18)12-7-9-14-8-5-6-10-15(14)17/h5-6,8,10,16,19H,2-4,7,9,11-13,18H2,1H3. The van der Waals surface area contributed by atoms with Gasteiger partial charge in [0, 0.05) is 12.0 Å². The molecule has 2 nitrogen and oxygen atoms in total. The van der Waals surface area contributed by atoms with Crippen molar-refractivity contribution in [1.82, 2.24) is 0 Å². The van der Waals surface area contributed by atoms with Crippen molar-refractivity contribution >= 4 is 0 Å². The first-order valence-corrected chi connectivity index (χ1v) is 7.71. The van der Waals surface area contributed by atoms with Gasteiger partial charge >= 0.3 is 0 Å². The number of rotatable bonds is 6. The number of hydrogen-bond donors (Lipinski definition) is 2. The molecule has 2 rings (SSSR count). The SMILES string of the molecule is CCCCCC(O)C1(CN)CCCc2ccccc21. The first-order chi connectivity index (χ1) is 9.24. The molecule has 0 saturated carbocycles. The van der Waals surface area contributed by atoms with Crippen molar-refractivity contribution < 1.29 is 5.11 Å². The third-order valence-corrected chi connectivity index (χ3v) is 4.71. The van der Waals surface area contributed by atoms with E-state index in [0.717, 1.165) is 32.1 Å². The molecule has 0 heterocycles. The van der Waals surface area contributed by atoms with Gasteiger partial charge in [0.05, 0.1) is 6.10 Å². The Hall–Kier alpha value is -0.860. The van der Waals surface area contributed by atoms with Crippen LogP contribution < -0.4 is 5.73 Å². The average molecular weight is 261 g/mol. The van der Waals surface area contributed by atoms with Crippen LogP contribution in [0, 0.1) is 0 Å². The number of nitrogens with two attached hydrogens (primary N) is 1. The molecule has 2 heteroatoms. The fourth-order valence-corrected chi connectivity index (χ4v) is 3.51. The Morgan fingerprint density at radius 2 is 2.11 bits per heavy atom. The van der Waals surface area contributed by atoms with Crippen molar-refractivity contribution in [2.24, 2.45) is 5.73 Å². The predicted molar refractivity (Wildman–Crippen MR) is 80.3 cm³/mol. The molecule has 2 unspecified atom stereocenters. The molecule has 19 heavy (non-hydrogen) atoms. The number of aliphatic hydroxyl groups excluding tert-OH is 1. The van der Waals surface area contributed by atoms with Crippen molar-refractivity contribution in [3.63, 3.8) is 0 Å². The van der Waals surface area contributed by atoms with E-state index in [1.165, 1.54) is 24.0 Å². The first kappa shape index (κ1) is 14.5. The molecule has 106 valence electrons. The molecular weight excluding hydrogens is 234 g/mol. The van der Waals surface area contributed by atoms with E-state index in [1.807, 2.05) is 0 Å². The maximum Gasteiger partial charge on any atom is 0.0649 e. The van der Waals surface area contributed by atoms with Crippen molar-refractivity contribution in [2.75, 3.05) is 6.54 Å². The number of hydrogen-bond acceptors (Lipinski definition) is 2. The molecule has 0 saturated heterocycles. The smallest absolute Gasteiger partial charge is 0.0649 e. The van der Waals surface area contributed by atoms with E-state index in [0.29, 0.717) is 6.54 Å². The highest BCUT2D eigenvalue weighted by atomic mass is 16.3.